The van der Waals surface area contributed by atoms with Gasteiger partial charge in [-0.1, -0.05) is 23.7 Å². The molecule has 0 spiro atoms. The largest absolute Gasteiger partial charge is 0.451 e. The zero-order valence-corrected chi connectivity index (χ0v) is 14.4. The first kappa shape index (κ1) is 18.2. The smallest absolute Gasteiger partial charge is 0.305 e. The molecule has 0 bridgehead atoms. The molecule has 2 N–H and O–H groups in total. The molecule has 0 radical (unpaired) electrons. The Morgan fingerprint density at radius 1 is 0.926 bits per heavy atom. The average molecular weight is 386 g/mol. The number of hydrazine groups is 1. The summed E-state index contributed by atoms with van der Waals surface area (Å²) in [6, 6.07) is 15.1. The van der Waals surface area contributed by atoms with Crippen molar-refractivity contribution in [1.29, 1.82) is 0 Å². The fraction of sp³-hybridized carbons (Fsp3) is 0. The molecule has 0 aliphatic heterocycles. The Labute approximate surface area is 157 Å². The number of carbonyl (C=O) groups excluding carboxylic acids is 2. The molecule has 136 valence electrons. The van der Waals surface area contributed by atoms with E-state index in [1.165, 1.54) is 36.4 Å². The lowest BCUT2D eigenvalue weighted by Crippen LogP contribution is -2.41. The third-order valence-electron chi connectivity index (χ3n) is 3.60. The molecule has 0 fully saturated rings. The molecule has 2 amide bonds. The zero-order valence-electron chi connectivity index (χ0n) is 13.6. The van der Waals surface area contributed by atoms with Crippen LogP contribution in [0, 0.1) is 10.1 Å². The van der Waals surface area contributed by atoms with Crippen LogP contribution < -0.4 is 10.9 Å². The summed E-state index contributed by atoms with van der Waals surface area (Å²) >= 11 is 5.92. The molecular weight excluding hydrogens is 374 g/mol. The Morgan fingerprint density at radius 2 is 1.59 bits per heavy atom. The summed E-state index contributed by atoms with van der Waals surface area (Å²) in [6.45, 7) is 0. The third kappa shape index (κ3) is 4.13. The van der Waals surface area contributed by atoms with Crippen molar-refractivity contribution in [1.82, 2.24) is 10.9 Å². The molecule has 1 aromatic heterocycles. The molecule has 2 aromatic carbocycles. The molecule has 9 heteroatoms. The van der Waals surface area contributed by atoms with Crippen molar-refractivity contribution in [3.8, 4) is 11.3 Å². The number of nitro groups is 1. The number of nitro benzene ring substituents is 1. The van der Waals surface area contributed by atoms with Gasteiger partial charge in [0.1, 0.15) is 5.76 Å². The maximum atomic E-state index is 12.1. The summed E-state index contributed by atoms with van der Waals surface area (Å²) < 4.78 is 5.43. The minimum absolute atomic E-state index is 0.0391. The Bertz CT molecular complexity index is 1010. The van der Waals surface area contributed by atoms with Gasteiger partial charge in [0, 0.05) is 17.7 Å². The Morgan fingerprint density at radius 3 is 2.26 bits per heavy atom. The number of halogens is 1. The maximum Gasteiger partial charge on any atom is 0.305 e. The van der Waals surface area contributed by atoms with E-state index in [-0.39, 0.29) is 22.0 Å². The second-order valence-electron chi connectivity index (χ2n) is 5.36. The van der Waals surface area contributed by atoms with Crippen LogP contribution in [0.5, 0.6) is 0 Å². The molecule has 27 heavy (non-hydrogen) atoms. The monoisotopic (exact) mass is 385 g/mol. The molecule has 0 unspecified atom stereocenters. The highest BCUT2D eigenvalue weighted by molar-refractivity contribution is 6.33. The van der Waals surface area contributed by atoms with Gasteiger partial charge in [0.15, 0.2) is 5.76 Å². The number of benzene rings is 2. The molecule has 0 aliphatic carbocycles. The van der Waals surface area contributed by atoms with E-state index in [0.29, 0.717) is 11.3 Å². The van der Waals surface area contributed by atoms with E-state index in [2.05, 4.69) is 10.9 Å². The van der Waals surface area contributed by atoms with E-state index in [9.17, 15) is 19.7 Å². The Hall–Kier alpha value is -3.65. The van der Waals surface area contributed by atoms with Crippen LogP contribution in [0.15, 0.2) is 65.1 Å². The average Bonchev–Trinajstić information content (AvgIpc) is 3.16. The van der Waals surface area contributed by atoms with Crippen LogP contribution in [0.25, 0.3) is 11.3 Å². The Kier molecular flexibility index (Phi) is 5.18. The topological polar surface area (TPSA) is 114 Å². The number of hydrogen-bond donors (Lipinski definition) is 2. The van der Waals surface area contributed by atoms with Gasteiger partial charge in [-0.25, -0.2) is 0 Å². The number of nitrogens with zero attached hydrogens (tertiary/aromatic N) is 1. The molecular formula is C18H12ClN3O5. The maximum absolute atomic E-state index is 12.1. The predicted octanol–water partition coefficient (Wildman–Crippen LogP) is 3.58. The molecule has 8 nitrogen and oxygen atoms in total. The minimum atomic E-state index is -0.663. The predicted molar refractivity (Wildman–Crippen MR) is 97.2 cm³/mol. The van der Waals surface area contributed by atoms with Crippen LogP contribution in [0.1, 0.15) is 20.9 Å². The van der Waals surface area contributed by atoms with Crippen LogP contribution in [0.2, 0.25) is 5.02 Å². The van der Waals surface area contributed by atoms with Crippen LogP contribution in [0.3, 0.4) is 0 Å². The number of amides is 2. The second kappa shape index (κ2) is 7.71. The Balaban J connectivity index is 1.65. The van der Waals surface area contributed by atoms with Crippen molar-refractivity contribution in [3.05, 3.63) is 87.1 Å². The first-order valence-corrected chi connectivity index (χ1v) is 8.03. The molecule has 0 saturated heterocycles. The fourth-order valence-corrected chi connectivity index (χ4v) is 2.47. The molecule has 3 aromatic rings. The lowest BCUT2D eigenvalue weighted by molar-refractivity contribution is -0.384. The summed E-state index contributed by atoms with van der Waals surface area (Å²) in [6.07, 6.45) is 0. The van der Waals surface area contributed by atoms with E-state index in [1.54, 1.807) is 24.3 Å². The van der Waals surface area contributed by atoms with Gasteiger partial charge >= 0.3 is 5.91 Å². The second-order valence-corrected chi connectivity index (χ2v) is 5.76. The molecule has 0 aliphatic rings. The first-order chi connectivity index (χ1) is 13.0. The van der Waals surface area contributed by atoms with E-state index in [1.807, 2.05) is 0 Å². The van der Waals surface area contributed by atoms with E-state index < -0.39 is 16.7 Å². The van der Waals surface area contributed by atoms with Gasteiger partial charge in [0.2, 0.25) is 0 Å². The third-order valence-corrected chi connectivity index (χ3v) is 3.93. The lowest BCUT2D eigenvalue weighted by Gasteiger charge is -2.07. The lowest BCUT2D eigenvalue weighted by atomic mass is 10.1. The molecule has 1 heterocycles. The van der Waals surface area contributed by atoms with Gasteiger partial charge in [-0.3, -0.25) is 30.6 Å². The van der Waals surface area contributed by atoms with E-state index in [4.69, 9.17) is 16.0 Å². The number of nitrogens with one attached hydrogen (secondary N) is 2. The quantitative estimate of drug-likeness (QED) is 0.526. The highest BCUT2D eigenvalue weighted by Gasteiger charge is 2.15. The normalized spacial score (nSPS) is 10.3. The molecule has 3 rings (SSSR count). The van der Waals surface area contributed by atoms with Crippen molar-refractivity contribution < 1.29 is 18.9 Å². The summed E-state index contributed by atoms with van der Waals surface area (Å²) in [4.78, 5) is 34.3. The van der Waals surface area contributed by atoms with Crippen molar-refractivity contribution in [2.24, 2.45) is 0 Å². The SMILES string of the molecule is O=C(NNC(=O)c1ccccc1Cl)c1ccc(-c2ccc([N+](=O)[O-])cc2)o1. The van der Waals surface area contributed by atoms with Crippen molar-refractivity contribution in [3.63, 3.8) is 0 Å². The summed E-state index contributed by atoms with van der Waals surface area (Å²) in [5, 5.41) is 10.9. The number of furan rings is 1. The highest BCUT2D eigenvalue weighted by Crippen LogP contribution is 2.24. The van der Waals surface area contributed by atoms with Gasteiger partial charge in [-0.2, -0.15) is 0 Å². The summed E-state index contributed by atoms with van der Waals surface area (Å²) in [7, 11) is 0. The van der Waals surface area contributed by atoms with Crippen LogP contribution >= 0.6 is 11.6 Å². The van der Waals surface area contributed by atoms with Gasteiger partial charge < -0.3 is 4.42 Å². The van der Waals surface area contributed by atoms with Gasteiger partial charge in [-0.05, 0) is 36.4 Å². The van der Waals surface area contributed by atoms with Crippen molar-refractivity contribution in [2.75, 3.05) is 0 Å². The molecule has 0 saturated carbocycles. The van der Waals surface area contributed by atoms with Crippen LogP contribution in [-0.2, 0) is 0 Å². The number of rotatable bonds is 4. The van der Waals surface area contributed by atoms with Crippen molar-refractivity contribution in [2.45, 2.75) is 0 Å². The standard InChI is InChI=1S/C18H12ClN3O5/c19-14-4-2-1-3-13(14)17(23)20-21-18(24)16-10-9-15(27-16)11-5-7-12(8-6-11)22(25)26/h1-10H,(H,20,23)(H,21,24). The highest BCUT2D eigenvalue weighted by atomic mass is 35.5. The number of hydrogen-bond acceptors (Lipinski definition) is 5. The molecule has 0 atom stereocenters. The van der Waals surface area contributed by atoms with Gasteiger partial charge in [-0.15, -0.1) is 0 Å². The van der Waals surface area contributed by atoms with Crippen LogP contribution in [-0.4, -0.2) is 16.7 Å². The van der Waals surface area contributed by atoms with Gasteiger partial charge in [0.05, 0.1) is 15.5 Å². The fourth-order valence-electron chi connectivity index (χ4n) is 2.25. The summed E-state index contributed by atoms with van der Waals surface area (Å²) in [5.41, 5.74) is 5.21. The first-order valence-electron chi connectivity index (χ1n) is 7.65. The van der Waals surface area contributed by atoms with Gasteiger partial charge in [0.25, 0.3) is 11.6 Å². The summed E-state index contributed by atoms with van der Waals surface area (Å²) in [5.74, 6) is -0.921. The number of non-ortho nitro benzene ring substituents is 1. The van der Waals surface area contributed by atoms with Crippen molar-refractivity contribution >= 4 is 29.1 Å². The number of carbonyl (C=O) groups is 2. The minimum Gasteiger partial charge on any atom is -0.451 e. The zero-order chi connectivity index (χ0) is 19.4. The van der Waals surface area contributed by atoms with E-state index >= 15 is 0 Å². The van der Waals surface area contributed by atoms with E-state index in [0.717, 1.165) is 0 Å². The van der Waals surface area contributed by atoms with Crippen LogP contribution in [0.4, 0.5) is 5.69 Å².